The van der Waals surface area contributed by atoms with E-state index in [-0.39, 0.29) is 17.8 Å². The Morgan fingerprint density at radius 1 is 1.26 bits per heavy atom. The summed E-state index contributed by atoms with van der Waals surface area (Å²) in [6.45, 7) is 14.9. The smallest absolute Gasteiger partial charge is 0.254 e. The summed E-state index contributed by atoms with van der Waals surface area (Å²) in [6, 6.07) is 7.06. The first-order valence-corrected chi connectivity index (χ1v) is 12.0. The highest BCUT2D eigenvalue weighted by Gasteiger charge is 2.25. The van der Waals surface area contributed by atoms with E-state index in [1.54, 1.807) is 6.07 Å². The molecule has 1 aromatic carbocycles. The van der Waals surface area contributed by atoms with Crippen molar-refractivity contribution in [3.8, 4) is 0 Å². The Balaban J connectivity index is 1.63. The zero-order valence-electron chi connectivity index (χ0n) is 20.6. The van der Waals surface area contributed by atoms with E-state index in [0.29, 0.717) is 18.0 Å². The molecule has 1 atom stereocenters. The average molecular weight is 463 g/mol. The minimum absolute atomic E-state index is 0.00430. The summed E-state index contributed by atoms with van der Waals surface area (Å²) in [6.07, 6.45) is 7.51. The van der Waals surface area contributed by atoms with Gasteiger partial charge in [0.05, 0.1) is 0 Å². The number of nitrogens with two attached hydrogens (primary N) is 1. The second kappa shape index (κ2) is 9.63. The Hall–Kier alpha value is -3.12. The van der Waals surface area contributed by atoms with Crippen LogP contribution in [-0.4, -0.2) is 39.4 Å². The molecule has 6 heteroatoms. The van der Waals surface area contributed by atoms with Crippen molar-refractivity contribution < 1.29 is 9.18 Å². The molecule has 2 aliphatic heterocycles. The molecule has 0 saturated carbocycles. The monoisotopic (exact) mass is 462 g/mol. The fraction of sp³-hybridized carbons (Fsp3) is 0.393. The van der Waals surface area contributed by atoms with E-state index < -0.39 is 0 Å². The van der Waals surface area contributed by atoms with Crippen LogP contribution in [0, 0.1) is 11.7 Å². The molecule has 1 fully saturated rings. The summed E-state index contributed by atoms with van der Waals surface area (Å²) in [5, 5.41) is 0.892. The summed E-state index contributed by atoms with van der Waals surface area (Å²) in [7, 11) is 0. The van der Waals surface area contributed by atoms with Gasteiger partial charge >= 0.3 is 0 Å². The first-order chi connectivity index (χ1) is 16.2. The summed E-state index contributed by atoms with van der Waals surface area (Å²) in [5.41, 5.74) is 11.6. The third-order valence-electron chi connectivity index (χ3n) is 6.73. The van der Waals surface area contributed by atoms with E-state index in [0.717, 1.165) is 59.5 Å². The largest absolute Gasteiger partial charge is 0.340 e. The quantitative estimate of drug-likeness (QED) is 0.647. The highest BCUT2D eigenvalue weighted by Crippen LogP contribution is 2.32. The van der Waals surface area contributed by atoms with Gasteiger partial charge in [-0.15, -0.1) is 0 Å². The van der Waals surface area contributed by atoms with E-state index in [1.165, 1.54) is 6.07 Å². The van der Waals surface area contributed by atoms with Crippen LogP contribution in [0.2, 0.25) is 0 Å². The maximum absolute atomic E-state index is 13.9. The maximum atomic E-state index is 13.9. The molecule has 1 aromatic heterocycles. The van der Waals surface area contributed by atoms with Gasteiger partial charge in [0, 0.05) is 65.4 Å². The molecule has 0 aliphatic carbocycles. The molecule has 180 valence electrons. The average Bonchev–Trinajstić information content (AvgIpc) is 3.14. The van der Waals surface area contributed by atoms with Crippen LogP contribution in [0.15, 0.2) is 66.2 Å². The van der Waals surface area contributed by atoms with Crippen molar-refractivity contribution in [2.24, 2.45) is 11.7 Å². The molecule has 34 heavy (non-hydrogen) atoms. The normalized spacial score (nSPS) is 19.7. The lowest BCUT2D eigenvalue weighted by molar-refractivity contribution is -0.127. The molecule has 1 amide bonds. The Morgan fingerprint density at radius 2 is 2.03 bits per heavy atom. The summed E-state index contributed by atoms with van der Waals surface area (Å²) >= 11 is 0. The van der Waals surface area contributed by atoms with Gasteiger partial charge in [0.25, 0.3) is 5.91 Å². The van der Waals surface area contributed by atoms with Gasteiger partial charge < -0.3 is 20.1 Å². The number of nitrogens with zero attached hydrogens (tertiary/aromatic N) is 3. The fourth-order valence-corrected chi connectivity index (χ4v) is 4.87. The molecule has 2 N–H and O–H groups in total. The summed E-state index contributed by atoms with van der Waals surface area (Å²) < 4.78 is 16.2. The van der Waals surface area contributed by atoms with Crippen molar-refractivity contribution in [3.05, 3.63) is 77.7 Å². The molecular weight excluding hydrogens is 427 g/mol. The second-order valence-electron chi connectivity index (χ2n) is 9.88. The number of halogens is 1. The zero-order valence-corrected chi connectivity index (χ0v) is 20.6. The SMILES string of the molecule is C=C1C=C(C(=O)N2CCCC(N)C2)C=CN1/C(C)=C(\C)c1cc2cc(F)ccc2n1CC(C)C. The van der Waals surface area contributed by atoms with E-state index in [4.69, 9.17) is 5.73 Å². The third kappa shape index (κ3) is 4.73. The molecule has 0 spiro atoms. The molecular formula is C28H35FN4O. The predicted molar refractivity (Wildman–Crippen MR) is 137 cm³/mol. The van der Waals surface area contributed by atoms with Crippen LogP contribution in [0.25, 0.3) is 16.5 Å². The number of benzene rings is 1. The topological polar surface area (TPSA) is 54.5 Å². The Bertz CT molecular complexity index is 1220. The number of amides is 1. The molecule has 1 saturated heterocycles. The minimum atomic E-state index is -0.233. The van der Waals surface area contributed by atoms with Crippen LogP contribution in [0.1, 0.15) is 46.2 Å². The lowest BCUT2D eigenvalue weighted by Crippen LogP contribution is -2.46. The van der Waals surface area contributed by atoms with E-state index in [1.807, 2.05) is 41.1 Å². The van der Waals surface area contributed by atoms with Crippen molar-refractivity contribution in [2.75, 3.05) is 13.1 Å². The zero-order chi connectivity index (χ0) is 24.6. The number of aromatic nitrogens is 1. The van der Waals surface area contributed by atoms with Gasteiger partial charge in [0.1, 0.15) is 5.82 Å². The lowest BCUT2D eigenvalue weighted by atomic mass is 10.0. The van der Waals surface area contributed by atoms with Crippen molar-refractivity contribution in [2.45, 2.75) is 53.1 Å². The van der Waals surface area contributed by atoms with E-state index in [2.05, 4.69) is 38.0 Å². The van der Waals surface area contributed by atoms with Crippen LogP contribution >= 0.6 is 0 Å². The van der Waals surface area contributed by atoms with Crippen LogP contribution in [0.4, 0.5) is 4.39 Å². The third-order valence-corrected chi connectivity index (χ3v) is 6.73. The van der Waals surface area contributed by atoms with Gasteiger partial charge in [-0.1, -0.05) is 20.4 Å². The highest BCUT2D eigenvalue weighted by molar-refractivity contribution is 5.97. The van der Waals surface area contributed by atoms with Gasteiger partial charge in [0.15, 0.2) is 0 Å². The lowest BCUT2D eigenvalue weighted by Gasteiger charge is -2.32. The molecule has 0 bridgehead atoms. The van der Waals surface area contributed by atoms with Crippen molar-refractivity contribution in [1.82, 2.24) is 14.4 Å². The van der Waals surface area contributed by atoms with E-state index in [9.17, 15) is 9.18 Å². The van der Waals surface area contributed by atoms with Crippen LogP contribution in [0.5, 0.6) is 0 Å². The number of allylic oxidation sites excluding steroid dienone is 3. The number of rotatable bonds is 5. The Morgan fingerprint density at radius 3 is 2.71 bits per heavy atom. The number of carbonyl (C=O) groups is 1. The number of hydrogen-bond donors (Lipinski definition) is 1. The van der Waals surface area contributed by atoms with Gasteiger partial charge in [0.2, 0.25) is 0 Å². The molecule has 2 aliphatic rings. The van der Waals surface area contributed by atoms with Crippen LogP contribution < -0.4 is 5.73 Å². The maximum Gasteiger partial charge on any atom is 0.254 e. The summed E-state index contributed by atoms with van der Waals surface area (Å²) in [5.74, 6) is 0.213. The van der Waals surface area contributed by atoms with Crippen molar-refractivity contribution in [1.29, 1.82) is 0 Å². The number of fused-ring (bicyclic) bond motifs is 1. The predicted octanol–water partition coefficient (Wildman–Crippen LogP) is 5.41. The van der Waals surface area contributed by atoms with Crippen LogP contribution in [-0.2, 0) is 11.3 Å². The molecule has 3 heterocycles. The molecule has 1 unspecified atom stereocenters. The first kappa shape index (κ1) is 24.0. The van der Waals surface area contributed by atoms with Gasteiger partial charge in [-0.2, -0.15) is 0 Å². The molecule has 2 aromatic rings. The molecule has 0 radical (unpaired) electrons. The van der Waals surface area contributed by atoms with E-state index >= 15 is 0 Å². The van der Waals surface area contributed by atoms with Crippen molar-refractivity contribution >= 4 is 22.4 Å². The Kier molecular flexibility index (Phi) is 6.80. The number of carbonyl (C=O) groups excluding carboxylic acids is 1. The standard InChI is InChI=1S/C28H35FN4O/c1-18(2)16-33-26-9-8-24(29)14-23(26)15-27(33)20(4)21(5)32-12-10-22(13-19(32)3)28(34)31-11-6-7-25(30)17-31/h8-10,12-15,18,25H,3,6-7,11,16-17,30H2,1-2,4-5H3/b21-20+. The number of piperidine rings is 1. The highest BCUT2D eigenvalue weighted by atomic mass is 19.1. The number of likely N-dealkylation sites (tertiary alicyclic amines) is 1. The minimum Gasteiger partial charge on any atom is -0.340 e. The van der Waals surface area contributed by atoms with Gasteiger partial charge in [-0.3, -0.25) is 4.79 Å². The Labute approximate surface area is 201 Å². The summed E-state index contributed by atoms with van der Waals surface area (Å²) in [4.78, 5) is 16.8. The van der Waals surface area contributed by atoms with Crippen LogP contribution in [0.3, 0.4) is 0 Å². The first-order valence-electron chi connectivity index (χ1n) is 12.0. The van der Waals surface area contributed by atoms with Gasteiger partial charge in [-0.25, -0.2) is 4.39 Å². The van der Waals surface area contributed by atoms with Crippen molar-refractivity contribution in [3.63, 3.8) is 0 Å². The number of hydrogen-bond acceptors (Lipinski definition) is 3. The molecule has 5 nitrogen and oxygen atoms in total. The second-order valence-corrected chi connectivity index (χ2v) is 9.88. The molecule has 4 rings (SSSR count). The van der Waals surface area contributed by atoms with Gasteiger partial charge in [-0.05, 0) is 74.6 Å². The fourth-order valence-electron chi connectivity index (χ4n) is 4.87.